The van der Waals surface area contributed by atoms with E-state index in [0.717, 1.165) is 17.7 Å². The maximum Gasteiger partial charge on any atom is 0.292 e. The van der Waals surface area contributed by atoms with Crippen molar-refractivity contribution in [3.05, 3.63) is 71.4 Å². The Morgan fingerprint density at radius 2 is 2.00 bits per heavy atom. The Hall–Kier alpha value is -4.67. The summed E-state index contributed by atoms with van der Waals surface area (Å²) >= 11 is 0. The number of fused-ring (bicyclic) bond motifs is 1. The van der Waals surface area contributed by atoms with Crippen molar-refractivity contribution in [2.45, 2.75) is 13.3 Å². The van der Waals surface area contributed by atoms with Gasteiger partial charge in [0.05, 0.1) is 12.3 Å². The van der Waals surface area contributed by atoms with E-state index in [1.807, 2.05) is 37.3 Å². The zero-order valence-electron chi connectivity index (χ0n) is 17.6. The third kappa shape index (κ3) is 3.76. The molecule has 0 radical (unpaired) electrons. The van der Waals surface area contributed by atoms with Gasteiger partial charge >= 0.3 is 0 Å². The average molecular weight is 444 g/mol. The minimum absolute atomic E-state index is 0.0184. The standard InChI is InChI=1S/C22H20N8O3/c1-2-32-15-10-7-14(8-11-15)19-18(25-29-30(19)21-20(23)27-33-28-21)22(31)26-24-17-12-9-13-5-3-4-6-16(13)17/h3-8,10-12,24H,2,9H2,1H3,(H2,23,27)(H,26,31). The normalized spacial score (nSPS) is 12.2. The number of aromatic nitrogens is 5. The molecule has 1 aliphatic rings. The molecule has 1 aliphatic carbocycles. The van der Waals surface area contributed by atoms with E-state index in [1.54, 1.807) is 24.3 Å². The van der Waals surface area contributed by atoms with Crippen LogP contribution < -0.4 is 21.3 Å². The van der Waals surface area contributed by atoms with Crippen LogP contribution in [0.2, 0.25) is 0 Å². The van der Waals surface area contributed by atoms with Crippen molar-refractivity contribution in [2.75, 3.05) is 12.3 Å². The van der Waals surface area contributed by atoms with Gasteiger partial charge in [-0.2, -0.15) is 4.68 Å². The highest BCUT2D eigenvalue weighted by Crippen LogP contribution is 2.28. The lowest BCUT2D eigenvalue weighted by Gasteiger charge is -2.11. The van der Waals surface area contributed by atoms with E-state index >= 15 is 0 Å². The first-order valence-corrected chi connectivity index (χ1v) is 10.3. The molecule has 0 fully saturated rings. The Balaban J connectivity index is 1.46. The van der Waals surface area contributed by atoms with Gasteiger partial charge in [-0.1, -0.05) is 35.6 Å². The highest BCUT2D eigenvalue weighted by Gasteiger charge is 2.26. The van der Waals surface area contributed by atoms with Crippen LogP contribution in [0.3, 0.4) is 0 Å². The number of carbonyl (C=O) groups excluding carboxylic acids is 1. The lowest BCUT2D eigenvalue weighted by Crippen LogP contribution is -2.36. The average Bonchev–Trinajstić information content (AvgIpc) is 3.56. The molecule has 4 aromatic rings. The maximum atomic E-state index is 13.1. The molecule has 1 amide bonds. The van der Waals surface area contributed by atoms with Crippen molar-refractivity contribution in [3.8, 4) is 22.8 Å². The van der Waals surface area contributed by atoms with Gasteiger partial charge in [0.25, 0.3) is 5.91 Å². The number of nitrogens with one attached hydrogen (secondary N) is 2. The topological polar surface area (TPSA) is 146 Å². The molecule has 4 N–H and O–H groups in total. The van der Waals surface area contributed by atoms with Crippen molar-refractivity contribution in [3.63, 3.8) is 0 Å². The van der Waals surface area contributed by atoms with E-state index in [2.05, 4.69) is 31.5 Å². The molecule has 2 aromatic carbocycles. The molecule has 0 saturated heterocycles. The third-order valence-corrected chi connectivity index (χ3v) is 5.16. The molecule has 0 bridgehead atoms. The summed E-state index contributed by atoms with van der Waals surface area (Å²) in [5, 5.41) is 15.6. The molecule has 0 spiro atoms. The number of carbonyl (C=O) groups is 1. The minimum Gasteiger partial charge on any atom is -0.494 e. The van der Waals surface area contributed by atoms with Gasteiger partial charge in [-0.15, -0.1) is 5.10 Å². The first-order valence-electron chi connectivity index (χ1n) is 10.3. The number of hydrazine groups is 1. The number of anilines is 1. The Labute approximate surface area is 188 Å². The Bertz CT molecular complexity index is 1340. The number of nitrogen functional groups attached to an aromatic ring is 1. The number of hydrogen-bond donors (Lipinski definition) is 3. The summed E-state index contributed by atoms with van der Waals surface area (Å²) < 4.78 is 11.5. The van der Waals surface area contributed by atoms with Crippen molar-refractivity contribution < 1.29 is 14.2 Å². The summed E-state index contributed by atoms with van der Waals surface area (Å²) in [6.07, 6.45) is 2.80. The summed E-state index contributed by atoms with van der Waals surface area (Å²) in [6.45, 7) is 2.44. The number of rotatable bonds is 7. The summed E-state index contributed by atoms with van der Waals surface area (Å²) in [6, 6.07) is 15.2. The predicted molar refractivity (Wildman–Crippen MR) is 119 cm³/mol. The van der Waals surface area contributed by atoms with Crippen LogP contribution in [0.15, 0.2) is 59.2 Å². The SMILES string of the molecule is CCOc1ccc(-c2c(C(=O)NNC3=CCc4ccccc43)nnn2-c2nonc2N)cc1. The number of benzene rings is 2. The van der Waals surface area contributed by atoms with Crippen LogP contribution in [0.25, 0.3) is 22.8 Å². The van der Waals surface area contributed by atoms with E-state index in [0.29, 0.717) is 23.6 Å². The van der Waals surface area contributed by atoms with Gasteiger partial charge in [0, 0.05) is 11.1 Å². The number of nitrogens with two attached hydrogens (primary N) is 1. The Morgan fingerprint density at radius 3 is 2.76 bits per heavy atom. The molecule has 2 heterocycles. The maximum absolute atomic E-state index is 13.1. The van der Waals surface area contributed by atoms with Crippen molar-refractivity contribution >= 4 is 17.4 Å². The van der Waals surface area contributed by atoms with Crippen LogP contribution in [0.1, 0.15) is 28.5 Å². The molecular weight excluding hydrogens is 424 g/mol. The fourth-order valence-corrected chi connectivity index (χ4v) is 3.64. The third-order valence-electron chi connectivity index (χ3n) is 5.16. The van der Waals surface area contributed by atoms with Crippen LogP contribution in [0.5, 0.6) is 5.75 Å². The van der Waals surface area contributed by atoms with Gasteiger partial charge in [-0.3, -0.25) is 15.6 Å². The van der Waals surface area contributed by atoms with Crippen molar-refractivity contribution in [1.82, 2.24) is 36.2 Å². The molecule has 11 nitrogen and oxygen atoms in total. The molecule has 166 valence electrons. The van der Waals surface area contributed by atoms with Crippen LogP contribution in [0, 0.1) is 0 Å². The van der Waals surface area contributed by atoms with Gasteiger partial charge in [0.1, 0.15) is 11.4 Å². The monoisotopic (exact) mass is 444 g/mol. The molecule has 0 saturated carbocycles. The van der Waals surface area contributed by atoms with Gasteiger partial charge in [0.2, 0.25) is 11.6 Å². The molecular formula is C22H20N8O3. The van der Waals surface area contributed by atoms with Crippen LogP contribution in [-0.2, 0) is 6.42 Å². The smallest absolute Gasteiger partial charge is 0.292 e. The first-order chi connectivity index (χ1) is 16.2. The molecule has 2 aromatic heterocycles. The molecule has 11 heteroatoms. The predicted octanol–water partition coefficient (Wildman–Crippen LogP) is 2.13. The summed E-state index contributed by atoms with van der Waals surface area (Å²) in [5.74, 6) is 0.364. The number of hydrogen-bond acceptors (Lipinski definition) is 9. The summed E-state index contributed by atoms with van der Waals surface area (Å²) in [5.41, 5.74) is 15.7. The van der Waals surface area contributed by atoms with Gasteiger partial charge in [-0.05, 0) is 53.5 Å². The van der Waals surface area contributed by atoms with E-state index in [-0.39, 0.29) is 17.3 Å². The van der Waals surface area contributed by atoms with E-state index in [4.69, 9.17) is 15.1 Å². The van der Waals surface area contributed by atoms with Gasteiger partial charge in [-0.25, -0.2) is 4.63 Å². The van der Waals surface area contributed by atoms with Crippen LogP contribution in [-0.4, -0.2) is 37.8 Å². The fraction of sp³-hybridized carbons (Fsp3) is 0.136. The molecule has 0 atom stereocenters. The van der Waals surface area contributed by atoms with Gasteiger partial charge < -0.3 is 10.5 Å². The Morgan fingerprint density at radius 1 is 1.18 bits per heavy atom. The van der Waals surface area contributed by atoms with E-state index < -0.39 is 5.91 Å². The van der Waals surface area contributed by atoms with Crippen molar-refractivity contribution in [2.24, 2.45) is 0 Å². The van der Waals surface area contributed by atoms with E-state index in [9.17, 15) is 4.79 Å². The highest BCUT2D eigenvalue weighted by molar-refractivity contribution is 5.98. The summed E-state index contributed by atoms with van der Waals surface area (Å²) in [4.78, 5) is 13.1. The molecule has 33 heavy (non-hydrogen) atoms. The zero-order valence-corrected chi connectivity index (χ0v) is 17.6. The minimum atomic E-state index is -0.481. The van der Waals surface area contributed by atoms with Crippen LogP contribution in [0.4, 0.5) is 5.82 Å². The van der Waals surface area contributed by atoms with E-state index in [1.165, 1.54) is 10.2 Å². The summed E-state index contributed by atoms with van der Waals surface area (Å²) in [7, 11) is 0. The lowest BCUT2D eigenvalue weighted by molar-refractivity contribution is 0.0938. The second-order valence-electron chi connectivity index (χ2n) is 7.19. The number of nitrogens with zero attached hydrogens (tertiary/aromatic N) is 5. The highest BCUT2D eigenvalue weighted by atomic mass is 16.6. The largest absolute Gasteiger partial charge is 0.494 e. The number of allylic oxidation sites excluding steroid dienone is 1. The van der Waals surface area contributed by atoms with Crippen LogP contribution >= 0.6 is 0 Å². The number of amides is 1. The molecule has 5 rings (SSSR count). The lowest BCUT2D eigenvalue weighted by atomic mass is 10.1. The fourth-order valence-electron chi connectivity index (χ4n) is 3.64. The zero-order chi connectivity index (χ0) is 22.8. The molecule has 0 unspecified atom stereocenters. The quantitative estimate of drug-likeness (QED) is 0.365. The Kier molecular flexibility index (Phi) is 5.19. The van der Waals surface area contributed by atoms with Gasteiger partial charge in [0.15, 0.2) is 5.69 Å². The first kappa shape index (κ1) is 20.2. The number of ether oxygens (including phenoxy) is 1. The second kappa shape index (κ2) is 8.46. The molecule has 0 aliphatic heterocycles. The second-order valence-corrected chi connectivity index (χ2v) is 7.19. The van der Waals surface area contributed by atoms with Crippen molar-refractivity contribution in [1.29, 1.82) is 0 Å².